The van der Waals surface area contributed by atoms with Crippen molar-refractivity contribution >= 4 is 36.1 Å². The zero-order valence-electron chi connectivity index (χ0n) is 18.7. The van der Waals surface area contributed by atoms with Crippen LogP contribution in [0.4, 0.5) is 0 Å². The molecule has 0 spiro atoms. The Hall–Kier alpha value is -0.443. The monoisotopic (exact) mass is 477 g/mol. The van der Waals surface area contributed by atoms with Crippen molar-refractivity contribution in [3.63, 3.8) is 0 Å². The molecule has 2 heterocycles. The molecule has 28 heavy (non-hydrogen) atoms. The first-order valence-electron chi connectivity index (χ1n) is 10.2. The summed E-state index contributed by atoms with van der Waals surface area (Å²) in [5.74, 6) is -0.839. The molecule has 6 nitrogen and oxygen atoms in total. The van der Waals surface area contributed by atoms with E-state index in [0.29, 0.717) is 6.61 Å². The van der Waals surface area contributed by atoms with Crippen LogP contribution in [0, 0.1) is 11.8 Å². The maximum atomic E-state index is 13.3. The van der Waals surface area contributed by atoms with Crippen molar-refractivity contribution in [1.29, 1.82) is 0 Å². The van der Waals surface area contributed by atoms with Crippen LogP contribution in [0.2, 0.25) is 18.1 Å². The van der Waals surface area contributed by atoms with E-state index in [-0.39, 0.29) is 46.4 Å². The minimum absolute atomic E-state index is 0.0316. The average Bonchev–Trinajstić information content (AvgIpc) is 2.73. The van der Waals surface area contributed by atoms with Crippen molar-refractivity contribution in [2.24, 2.45) is 11.8 Å². The first kappa shape index (κ1) is 23.8. The first-order valence-corrected chi connectivity index (χ1v) is 14.1. The molecule has 8 heteroatoms. The van der Waals surface area contributed by atoms with E-state index in [2.05, 4.69) is 56.7 Å². The Bertz CT molecular complexity index is 622. The highest BCUT2D eigenvalue weighted by Crippen LogP contribution is 2.54. The Labute approximate surface area is 178 Å². The lowest BCUT2D eigenvalue weighted by molar-refractivity contribution is -0.219. The van der Waals surface area contributed by atoms with Crippen LogP contribution in [-0.4, -0.2) is 61.0 Å². The van der Waals surface area contributed by atoms with Gasteiger partial charge in [0.05, 0.1) is 29.5 Å². The minimum Gasteiger partial charge on any atom is -0.462 e. The van der Waals surface area contributed by atoms with E-state index in [1.54, 1.807) is 11.8 Å². The third-order valence-corrected chi connectivity index (χ3v) is 12.7. The molecule has 0 saturated carbocycles. The summed E-state index contributed by atoms with van der Waals surface area (Å²) in [5.41, 5.74) is -1.40. The van der Waals surface area contributed by atoms with E-state index in [4.69, 9.17) is 13.9 Å². The zero-order chi connectivity index (χ0) is 21.7. The van der Waals surface area contributed by atoms with Crippen molar-refractivity contribution in [3.05, 3.63) is 0 Å². The molecular weight excluding hydrogens is 442 g/mol. The van der Waals surface area contributed by atoms with Gasteiger partial charge in [0.15, 0.2) is 8.32 Å². The van der Waals surface area contributed by atoms with Gasteiger partial charge in [0.2, 0.25) is 5.91 Å². The van der Waals surface area contributed by atoms with E-state index in [9.17, 15) is 9.59 Å². The summed E-state index contributed by atoms with van der Waals surface area (Å²) in [6.07, 6.45) is -0.212. The third-order valence-electron chi connectivity index (χ3n) is 6.65. The molecule has 0 aromatic carbocycles. The van der Waals surface area contributed by atoms with Crippen LogP contribution in [0.25, 0.3) is 0 Å². The number of hydrogen-bond acceptors (Lipinski definition) is 5. The summed E-state index contributed by atoms with van der Waals surface area (Å²) in [6.45, 7) is 19.1. The van der Waals surface area contributed by atoms with Crippen LogP contribution in [0.3, 0.4) is 0 Å². The normalized spacial score (nSPS) is 34.1. The maximum Gasteiger partial charge on any atom is 0.361 e. The Morgan fingerprint density at radius 2 is 1.86 bits per heavy atom. The van der Waals surface area contributed by atoms with Crippen molar-refractivity contribution in [1.82, 2.24) is 4.90 Å². The van der Waals surface area contributed by atoms with E-state index in [1.807, 2.05) is 13.8 Å². The van der Waals surface area contributed by atoms with Crippen LogP contribution in [-0.2, 0) is 23.5 Å². The molecule has 0 radical (unpaired) electrons. The second kappa shape index (κ2) is 8.00. The summed E-state index contributed by atoms with van der Waals surface area (Å²) in [6, 6.07) is -0.118. The SMILES string of the molecule is CCOC(=O)C1(OCC)C(Br)[C@@H](C)[C@H]2[C@@H]([C@@H](C)O[Si](C)(C)C(C)(C)C)C(=O)N21. The summed E-state index contributed by atoms with van der Waals surface area (Å²) < 4.78 is 17.8. The van der Waals surface area contributed by atoms with Gasteiger partial charge in [0.1, 0.15) is 0 Å². The number of amides is 1. The predicted molar refractivity (Wildman–Crippen MR) is 115 cm³/mol. The highest BCUT2D eigenvalue weighted by atomic mass is 79.9. The van der Waals surface area contributed by atoms with Gasteiger partial charge in [0, 0.05) is 6.61 Å². The van der Waals surface area contributed by atoms with E-state index >= 15 is 0 Å². The maximum absolute atomic E-state index is 13.3. The molecule has 2 fully saturated rings. The van der Waals surface area contributed by atoms with Gasteiger partial charge in [-0.05, 0) is 44.8 Å². The lowest BCUT2D eigenvalue weighted by Gasteiger charge is -2.52. The largest absolute Gasteiger partial charge is 0.462 e. The number of hydrogen-bond donors (Lipinski definition) is 0. The molecule has 2 rings (SSSR count). The van der Waals surface area contributed by atoms with Gasteiger partial charge in [-0.3, -0.25) is 9.69 Å². The van der Waals surface area contributed by atoms with Crippen LogP contribution in [0.5, 0.6) is 0 Å². The number of fused-ring (bicyclic) bond motifs is 1. The lowest BCUT2D eigenvalue weighted by Crippen LogP contribution is -2.72. The van der Waals surface area contributed by atoms with Crippen LogP contribution >= 0.6 is 15.9 Å². The van der Waals surface area contributed by atoms with Crippen LogP contribution < -0.4 is 0 Å². The summed E-state index contributed by atoms with van der Waals surface area (Å²) >= 11 is 3.67. The highest BCUT2D eigenvalue weighted by molar-refractivity contribution is 9.09. The van der Waals surface area contributed by atoms with E-state index in [0.717, 1.165) is 0 Å². The van der Waals surface area contributed by atoms with Crippen molar-refractivity contribution in [2.75, 3.05) is 13.2 Å². The number of nitrogens with zero attached hydrogens (tertiary/aromatic N) is 1. The van der Waals surface area contributed by atoms with Gasteiger partial charge < -0.3 is 13.9 Å². The highest BCUT2D eigenvalue weighted by Gasteiger charge is 2.73. The fourth-order valence-electron chi connectivity index (χ4n) is 4.21. The number of halogens is 1. The number of ether oxygens (including phenoxy) is 2. The molecule has 162 valence electrons. The Balaban J connectivity index is 2.33. The molecule has 2 aliphatic heterocycles. The Morgan fingerprint density at radius 1 is 1.29 bits per heavy atom. The number of β-lactam (4-membered cyclic amide) rings is 1. The Kier molecular flexibility index (Phi) is 6.81. The minimum atomic E-state index is -2.02. The molecule has 0 aromatic rings. The number of esters is 1. The molecule has 0 N–H and O–H groups in total. The number of carbonyl (C=O) groups excluding carboxylic acids is 2. The fourth-order valence-corrected chi connectivity index (χ4v) is 6.49. The average molecular weight is 479 g/mol. The quantitative estimate of drug-likeness (QED) is 0.240. The predicted octanol–water partition coefficient (Wildman–Crippen LogP) is 3.93. The van der Waals surface area contributed by atoms with Gasteiger partial charge in [-0.2, -0.15) is 0 Å². The van der Waals surface area contributed by atoms with Gasteiger partial charge in [0.25, 0.3) is 5.72 Å². The topological polar surface area (TPSA) is 65.1 Å². The van der Waals surface area contributed by atoms with Crippen LogP contribution in [0.1, 0.15) is 48.5 Å². The molecule has 0 aliphatic carbocycles. The van der Waals surface area contributed by atoms with Gasteiger partial charge >= 0.3 is 5.97 Å². The molecular formula is C20H36BrNO5Si. The van der Waals surface area contributed by atoms with Crippen LogP contribution in [0.15, 0.2) is 0 Å². The number of carbonyl (C=O) groups is 2. The zero-order valence-corrected chi connectivity index (χ0v) is 21.3. The number of rotatable bonds is 7. The van der Waals surface area contributed by atoms with Gasteiger partial charge in [-0.1, -0.05) is 43.6 Å². The number of alkyl halides is 1. The molecule has 6 atom stereocenters. The second-order valence-electron chi connectivity index (χ2n) is 9.42. The lowest BCUT2D eigenvalue weighted by atomic mass is 9.79. The van der Waals surface area contributed by atoms with E-state index in [1.165, 1.54) is 0 Å². The first-order chi connectivity index (χ1) is 12.8. The molecule has 2 saturated heterocycles. The summed E-state index contributed by atoms with van der Waals surface area (Å²) in [4.78, 5) is 27.4. The van der Waals surface area contributed by atoms with Crippen molar-refractivity contribution in [2.45, 2.75) is 89.3 Å². The summed E-state index contributed by atoms with van der Waals surface area (Å²) in [7, 11) is -2.02. The van der Waals surface area contributed by atoms with Gasteiger partial charge in [-0.15, -0.1) is 0 Å². The fraction of sp³-hybridized carbons (Fsp3) is 0.900. The molecule has 0 bridgehead atoms. The smallest absolute Gasteiger partial charge is 0.361 e. The molecule has 2 aliphatic rings. The van der Waals surface area contributed by atoms with Gasteiger partial charge in [-0.25, -0.2) is 4.79 Å². The Morgan fingerprint density at radius 3 is 2.32 bits per heavy atom. The molecule has 0 aromatic heterocycles. The molecule has 1 amide bonds. The standard InChI is InChI=1S/C20H36BrNO5Si/c1-10-25-18(24)20(26-11-2)16(21)12(3)15-14(17(23)22(15)20)13(4)27-28(8,9)19(5,6)7/h12-16H,10-11H2,1-9H3/t12-,13+,14+,15-,16?,20?/m0/s1. The second-order valence-corrected chi connectivity index (χ2v) is 15.2. The van der Waals surface area contributed by atoms with Crippen molar-refractivity contribution < 1.29 is 23.5 Å². The third kappa shape index (κ3) is 3.48. The van der Waals surface area contributed by atoms with E-state index < -0.39 is 20.0 Å². The van der Waals surface area contributed by atoms with Crippen molar-refractivity contribution in [3.8, 4) is 0 Å². The summed E-state index contributed by atoms with van der Waals surface area (Å²) in [5, 5.41) is 0.0625. The molecule has 2 unspecified atom stereocenters.